The fourth-order valence-electron chi connectivity index (χ4n) is 1.52. The molecule has 0 bridgehead atoms. The summed E-state index contributed by atoms with van der Waals surface area (Å²) < 4.78 is 5.40. The lowest BCUT2D eigenvalue weighted by atomic mass is 10.2. The topological polar surface area (TPSA) is 55.4 Å². The summed E-state index contributed by atoms with van der Waals surface area (Å²) in [6.45, 7) is 0.251. The quantitative estimate of drug-likeness (QED) is 0.804. The van der Waals surface area contributed by atoms with E-state index >= 15 is 0 Å². The summed E-state index contributed by atoms with van der Waals surface area (Å²) in [6, 6.07) is 5.17. The highest BCUT2D eigenvalue weighted by Crippen LogP contribution is 2.21. The molecule has 1 N–H and O–H groups in total. The second-order valence-corrected chi connectivity index (χ2v) is 4.68. The Labute approximate surface area is 110 Å². The van der Waals surface area contributed by atoms with Crippen molar-refractivity contribution in [1.29, 1.82) is 0 Å². The maximum Gasteiger partial charge on any atom is 0.223 e. The standard InChI is InChI=1S/C13H14ClNO3/c14-10-1-4-12(9(7-10)8-16)18-6-5-13(17)15-11-2-3-11/h1,4,7-8,11H,2-3,5-6H2,(H,15,17). The Balaban J connectivity index is 1.81. The van der Waals surface area contributed by atoms with Crippen molar-refractivity contribution in [2.45, 2.75) is 25.3 Å². The third kappa shape index (κ3) is 3.74. The SMILES string of the molecule is O=Cc1cc(Cl)ccc1OCCC(=O)NC1CC1. The van der Waals surface area contributed by atoms with E-state index < -0.39 is 0 Å². The molecule has 0 aliphatic heterocycles. The summed E-state index contributed by atoms with van der Waals surface area (Å²) in [5, 5.41) is 3.35. The van der Waals surface area contributed by atoms with Crippen molar-refractivity contribution in [2.24, 2.45) is 0 Å². The lowest BCUT2D eigenvalue weighted by Gasteiger charge is -2.08. The highest BCUT2D eigenvalue weighted by atomic mass is 35.5. The van der Waals surface area contributed by atoms with E-state index in [1.165, 1.54) is 6.07 Å². The van der Waals surface area contributed by atoms with E-state index in [0.717, 1.165) is 12.8 Å². The van der Waals surface area contributed by atoms with Gasteiger partial charge in [0.15, 0.2) is 6.29 Å². The molecule has 0 heterocycles. The van der Waals surface area contributed by atoms with E-state index in [1.807, 2.05) is 0 Å². The van der Waals surface area contributed by atoms with Crippen molar-refractivity contribution in [3.63, 3.8) is 0 Å². The second-order valence-electron chi connectivity index (χ2n) is 4.24. The van der Waals surface area contributed by atoms with Crippen molar-refractivity contribution in [3.05, 3.63) is 28.8 Å². The lowest BCUT2D eigenvalue weighted by Crippen LogP contribution is -2.26. The van der Waals surface area contributed by atoms with Crippen LogP contribution in [0.15, 0.2) is 18.2 Å². The Hall–Kier alpha value is -1.55. The predicted octanol–water partition coefficient (Wildman–Crippen LogP) is 2.20. The van der Waals surface area contributed by atoms with Crippen LogP contribution in [-0.2, 0) is 4.79 Å². The molecule has 1 aliphatic rings. The fourth-order valence-corrected chi connectivity index (χ4v) is 1.70. The van der Waals surface area contributed by atoms with E-state index in [4.69, 9.17) is 16.3 Å². The van der Waals surface area contributed by atoms with Gasteiger partial charge < -0.3 is 10.1 Å². The molecule has 1 saturated carbocycles. The first kappa shape index (κ1) is 12.9. The Kier molecular flexibility index (Phi) is 4.20. The van der Waals surface area contributed by atoms with Gasteiger partial charge in [0.25, 0.3) is 0 Å². The van der Waals surface area contributed by atoms with E-state index in [9.17, 15) is 9.59 Å². The molecule has 0 aromatic heterocycles. The Morgan fingerprint density at radius 3 is 2.94 bits per heavy atom. The molecule has 18 heavy (non-hydrogen) atoms. The molecule has 96 valence electrons. The number of carbonyl (C=O) groups excluding carboxylic acids is 2. The summed E-state index contributed by atoms with van der Waals surface area (Å²) in [6.07, 6.45) is 3.11. The zero-order valence-corrected chi connectivity index (χ0v) is 10.6. The number of benzene rings is 1. The number of hydrogen-bond donors (Lipinski definition) is 1. The normalized spacial score (nSPS) is 14.1. The number of aldehydes is 1. The average Bonchev–Trinajstić information content (AvgIpc) is 3.14. The molecule has 5 heteroatoms. The molecule has 2 rings (SSSR count). The monoisotopic (exact) mass is 267 g/mol. The van der Waals surface area contributed by atoms with Crippen LogP contribution >= 0.6 is 11.6 Å². The number of halogens is 1. The molecule has 0 atom stereocenters. The van der Waals surface area contributed by atoms with E-state index in [0.29, 0.717) is 28.7 Å². The predicted molar refractivity (Wildman–Crippen MR) is 68.1 cm³/mol. The van der Waals surface area contributed by atoms with Gasteiger partial charge in [0.05, 0.1) is 18.6 Å². The molecule has 1 aromatic carbocycles. The van der Waals surface area contributed by atoms with Gasteiger partial charge in [-0.25, -0.2) is 0 Å². The number of hydrogen-bond acceptors (Lipinski definition) is 3. The van der Waals surface area contributed by atoms with Crippen LogP contribution in [-0.4, -0.2) is 24.8 Å². The van der Waals surface area contributed by atoms with Gasteiger partial charge in [-0.2, -0.15) is 0 Å². The van der Waals surface area contributed by atoms with Crippen molar-refractivity contribution in [2.75, 3.05) is 6.61 Å². The van der Waals surface area contributed by atoms with Crippen molar-refractivity contribution in [3.8, 4) is 5.75 Å². The van der Waals surface area contributed by atoms with Gasteiger partial charge in [-0.05, 0) is 31.0 Å². The first-order valence-corrected chi connectivity index (χ1v) is 6.24. The van der Waals surface area contributed by atoms with Gasteiger partial charge >= 0.3 is 0 Å². The molecular weight excluding hydrogens is 254 g/mol. The third-order valence-electron chi connectivity index (χ3n) is 2.63. The van der Waals surface area contributed by atoms with Crippen LogP contribution in [0, 0.1) is 0 Å². The lowest BCUT2D eigenvalue weighted by molar-refractivity contribution is -0.121. The van der Waals surface area contributed by atoms with Gasteiger partial charge in [-0.1, -0.05) is 11.6 Å². The van der Waals surface area contributed by atoms with E-state index in [1.54, 1.807) is 12.1 Å². The maximum atomic E-state index is 11.4. The first-order valence-electron chi connectivity index (χ1n) is 5.86. The highest BCUT2D eigenvalue weighted by Gasteiger charge is 2.22. The zero-order valence-electron chi connectivity index (χ0n) is 9.82. The molecule has 0 saturated heterocycles. The van der Waals surface area contributed by atoms with Crippen LogP contribution in [0.1, 0.15) is 29.6 Å². The first-order chi connectivity index (χ1) is 8.69. The number of carbonyl (C=O) groups is 2. The maximum absolute atomic E-state index is 11.4. The van der Waals surface area contributed by atoms with Crippen LogP contribution in [0.4, 0.5) is 0 Å². The molecule has 1 fully saturated rings. The average molecular weight is 268 g/mol. The smallest absolute Gasteiger partial charge is 0.223 e. The van der Waals surface area contributed by atoms with Crippen LogP contribution in [0.25, 0.3) is 0 Å². The molecule has 0 radical (unpaired) electrons. The summed E-state index contributed by atoms with van der Waals surface area (Å²) in [5.41, 5.74) is 0.394. The Morgan fingerprint density at radius 1 is 1.50 bits per heavy atom. The van der Waals surface area contributed by atoms with Crippen LogP contribution < -0.4 is 10.1 Å². The number of nitrogens with one attached hydrogen (secondary N) is 1. The van der Waals surface area contributed by atoms with Crippen LogP contribution in [0.2, 0.25) is 5.02 Å². The van der Waals surface area contributed by atoms with Gasteiger partial charge in [-0.15, -0.1) is 0 Å². The highest BCUT2D eigenvalue weighted by molar-refractivity contribution is 6.30. The van der Waals surface area contributed by atoms with Gasteiger partial charge in [0.2, 0.25) is 5.91 Å². The van der Waals surface area contributed by atoms with E-state index in [2.05, 4.69) is 5.32 Å². The largest absolute Gasteiger partial charge is 0.492 e. The number of amides is 1. The number of ether oxygens (including phenoxy) is 1. The van der Waals surface area contributed by atoms with Crippen LogP contribution in [0.5, 0.6) is 5.75 Å². The van der Waals surface area contributed by atoms with Gasteiger partial charge in [-0.3, -0.25) is 9.59 Å². The minimum absolute atomic E-state index is 0.0147. The summed E-state index contributed by atoms with van der Waals surface area (Å²) in [7, 11) is 0. The molecule has 1 aromatic rings. The molecule has 0 spiro atoms. The number of rotatable bonds is 6. The second kappa shape index (κ2) is 5.87. The summed E-state index contributed by atoms with van der Waals surface area (Å²) >= 11 is 5.77. The molecule has 1 aliphatic carbocycles. The van der Waals surface area contributed by atoms with Crippen LogP contribution in [0.3, 0.4) is 0 Å². The molecular formula is C13H14ClNO3. The summed E-state index contributed by atoms with van der Waals surface area (Å²) in [4.78, 5) is 22.2. The molecule has 0 unspecified atom stereocenters. The molecule has 1 amide bonds. The minimum atomic E-state index is -0.0147. The Morgan fingerprint density at radius 2 is 2.28 bits per heavy atom. The van der Waals surface area contributed by atoms with Crippen molar-refractivity contribution < 1.29 is 14.3 Å². The van der Waals surface area contributed by atoms with E-state index in [-0.39, 0.29) is 18.9 Å². The minimum Gasteiger partial charge on any atom is -0.492 e. The molecule has 4 nitrogen and oxygen atoms in total. The van der Waals surface area contributed by atoms with Gasteiger partial charge in [0.1, 0.15) is 5.75 Å². The van der Waals surface area contributed by atoms with Crippen molar-refractivity contribution >= 4 is 23.8 Å². The Bertz CT molecular complexity index is 458. The third-order valence-corrected chi connectivity index (χ3v) is 2.86. The summed E-state index contributed by atoms with van der Waals surface area (Å²) in [5.74, 6) is 0.438. The zero-order chi connectivity index (χ0) is 13.0. The fraction of sp³-hybridized carbons (Fsp3) is 0.385. The van der Waals surface area contributed by atoms with Gasteiger partial charge in [0, 0.05) is 11.1 Å². The van der Waals surface area contributed by atoms with Crippen molar-refractivity contribution in [1.82, 2.24) is 5.32 Å².